The van der Waals surface area contributed by atoms with Crippen molar-refractivity contribution in [2.24, 2.45) is 0 Å². The maximum absolute atomic E-state index is 7.42. The lowest BCUT2D eigenvalue weighted by atomic mass is 10.2. The molecular weight excluding hydrogens is 148 g/mol. The molecule has 0 spiro atoms. The molecule has 1 rings (SSSR count). The Balaban J connectivity index is 2.89. The zero-order valence-corrected chi connectivity index (χ0v) is 7.76. The van der Waals surface area contributed by atoms with Crippen LogP contribution in [-0.2, 0) is 0 Å². The van der Waals surface area contributed by atoms with E-state index in [0.717, 1.165) is 5.69 Å². The lowest BCUT2D eigenvalue weighted by Crippen LogP contribution is -2.21. The van der Waals surface area contributed by atoms with E-state index in [0.29, 0.717) is 5.84 Å². The van der Waals surface area contributed by atoms with Gasteiger partial charge in [-0.25, -0.2) is 0 Å². The average Bonchev–Trinajstić information content (AvgIpc) is 2.04. The van der Waals surface area contributed by atoms with Gasteiger partial charge in [-0.15, -0.1) is 0 Å². The van der Waals surface area contributed by atoms with Crippen LogP contribution in [0, 0.1) is 12.3 Å². The van der Waals surface area contributed by atoms with Gasteiger partial charge in [0.05, 0.1) is 5.84 Å². The minimum atomic E-state index is 0.554. The van der Waals surface area contributed by atoms with Crippen LogP contribution >= 0.6 is 0 Å². The van der Waals surface area contributed by atoms with Crippen LogP contribution in [0.1, 0.15) is 12.5 Å². The van der Waals surface area contributed by atoms with E-state index < -0.39 is 0 Å². The molecule has 0 aromatic heterocycles. The molecule has 0 heterocycles. The first-order valence-corrected chi connectivity index (χ1v) is 3.97. The highest BCUT2D eigenvalue weighted by Gasteiger charge is 2.00. The number of rotatable bonds is 1. The molecule has 2 nitrogen and oxygen atoms in total. The fourth-order valence-electron chi connectivity index (χ4n) is 0.962. The van der Waals surface area contributed by atoms with Crippen LogP contribution in [0.5, 0.6) is 0 Å². The van der Waals surface area contributed by atoms with Crippen LogP contribution in [0.15, 0.2) is 24.3 Å². The summed E-state index contributed by atoms with van der Waals surface area (Å²) >= 11 is 0. The van der Waals surface area contributed by atoms with Crippen LogP contribution in [0.25, 0.3) is 0 Å². The highest BCUT2D eigenvalue weighted by molar-refractivity contribution is 5.92. The van der Waals surface area contributed by atoms with E-state index in [1.54, 1.807) is 6.92 Å². The molecule has 64 valence electrons. The Morgan fingerprint density at radius 3 is 2.17 bits per heavy atom. The largest absolute Gasteiger partial charge is 0.334 e. The first-order chi connectivity index (χ1) is 5.61. The molecule has 0 fully saturated rings. The summed E-state index contributed by atoms with van der Waals surface area (Å²) in [5.41, 5.74) is 2.31. The summed E-state index contributed by atoms with van der Waals surface area (Å²) in [6, 6.07) is 8.14. The molecule has 0 saturated heterocycles. The number of aryl methyl sites for hydroxylation is 1. The van der Waals surface area contributed by atoms with E-state index in [1.807, 2.05) is 24.1 Å². The minimum absolute atomic E-state index is 0.554. The highest BCUT2D eigenvalue weighted by Crippen LogP contribution is 2.12. The fourth-order valence-corrected chi connectivity index (χ4v) is 0.962. The van der Waals surface area contributed by atoms with Gasteiger partial charge < -0.3 is 4.90 Å². The number of anilines is 1. The van der Waals surface area contributed by atoms with E-state index in [9.17, 15) is 0 Å². The molecule has 1 N–H and O–H groups in total. The van der Waals surface area contributed by atoms with Crippen molar-refractivity contribution in [3.63, 3.8) is 0 Å². The van der Waals surface area contributed by atoms with E-state index >= 15 is 0 Å². The average molecular weight is 162 g/mol. The molecule has 0 aliphatic carbocycles. The summed E-state index contributed by atoms with van der Waals surface area (Å²) < 4.78 is 0. The van der Waals surface area contributed by atoms with Crippen molar-refractivity contribution in [3.8, 4) is 0 Å². The van der Waals surface area contributed by atoms with Crippen LogP contribution in [0.4, 0.5) is 5.69 Å². The number of hydrogen-bond donors (Lipinski definition) is 1. The lowest BCUT2D eigenvalue weighted by molar-refractivity contribution is 1.21. The molecule has 0 amide bonds. The molecule has 1 aromatic rings. The molecule has 2 heteroatoms. The topological polar surface area (TPSA) is 27.1 Å². The van der Waals surface area contributed by atoms with Crippen LogP contribution in [0.3, 0.4) is 0 Å². The van der Waals surface area contributed by atoms with Crippen molar-refractivity contribution >= 4 is 11.5 Å². The van der Waals surface area contributed by atoms with Crippen LogP contribution in [-0.4, -0.2) is 12.9 Å². The Morgan fingerprint density at radius 1 is 1.25 bits per heavy atom. The molecule has 12 heavy (non-hydrogen) atoms. The maximum atomic E-state index is 7.42. The van der Waals surface area contributed by atoms with Crippen molar-refractivity contribution in [1.29, 1.82) is 5.41 Å². The predicted octanol–water partition coefficient (Wildman–Crippen LogP) is 2.43. The van der Waals surface area contributed by atoms with Crippen LogP contribution in [0.2, 0.25) is 0 Å². The molecule has 0 aliphatic heterocycles. The van der Waals surface area contributed by atoms with Gasteiger partial charge in [0.2, 0.25) is 0 Å². The van der Waals surface area contributed by atoms with Crippen molar-refractivity contribution in [1.82, 2.24) is 0 Å². The number of nitrogens with one attached hydrogen (secondary N) is 1. The first-order valence-electron chi connectivity index (χ1n) is 3.97. The normalized spacial score (nSPS) is 9.58. The second kappa shape index (κ2) is 3.39. The summed E-state index contributed by atoms with van der Waals surface area (Å²) in [6.07, 6.45) is 0. The quantitative estimate of drug-likeness (QED) is 0.498. The van der Waals surface area contributed by atoms with Crippen molar-refractivity contribution < 1.29 is 0 Å². The number of hydrogen-bond acceptors (Lipinski definition) is 1. The van der Waals surface area contributed by atoms with Gasteiger partial charge in [-0.1, -0.05) is 17.7 Å². The van der Waals surface area contributed by atoms with Gasteiger partial charge in [0.25, 0.3) is 0 Å². The molecule has 0 atom stereocenters. The van der Waals surface area contributed by atoms with Gasteiger partial charge in [0, 0.05) is 12.7 Å². The van der Waals surface area contributed by atoms with Crippen molar-refractivity contribution in [3.05, 3.63) is 29.8 Å². The highest BCUT2D eigenvalue weighted by atomic mass is 15.1. The first kappa shape index (κ1) is 8.78. The van der Waals surface area contributed by atoms with E-state index in [2.05, 4.69) is 19.1 Å². The molecule has 0 aliphatic rings. The Labute approximate surface area is 73.3 Å². The second-order valence-electron chi connectivity index (χ2n) is 2.98. The monoisotopic (exact) mass is 162 g/mol. The van der Waals surface area contributed by atoms with E-state index in [1.165, 1.54) is 5.56 Å². The second-order valence-corrected chi connectivity index (χ2v) is 2.98. The number of benzene rings is 1. The SMILES string of the molecule is CC(=N)N(C)c1ccc(C)cc1. The minimum Gasteiger partial charge on any atom is -0.334 e. The third-order valence-electron chi connectivity index (χ3n) is 1.92. The van der Waals surface area contributed by atoms with E-state index in [-0.39, 0.29) is 0 Å². The summed E-state index contributed by atoms with van der Waals surface area (Å²) in [5.74, 6) is 0.554. The Hall–Kier alpha value is -1.31. The van der Waals surface area contributed by atoms with Crippen molar-refractivity contribution in [2.45, 2.75) is 13.8 Å². The van der Waals surface area contributed by atoms with Gasteiger partial charge >= 0.3 is 0 Å². The third kappa shape index (κ3) is 1.84. The lowest BCUT2D eigenvalue weighted by Gasteiger charge is -2.17. The summed E-state index contributed by atoms with van der Waals surface area (Å²) in [7, 11) is 1.90. The van der Waals surface area contributed by atoms with Crippen LogP contribution < -0.4 is 4.90 Å². The fraction of sp³-hybridized carbons (Fsp3) is 0.300. The maximum Gasteiger partial charge on any atom is 0.0967 e. The molecular formula is C10H14N2. The summed E-state index contributed by atoms with van der Waals surface area (Å²) in [6.45, 7) is 3.83. The molecule has 0 saturated carbocycles. The summed E-state index contributed by atoms with van der Waals surface area (Å²) in [5, 5.41) is 7.42. The molecule has 0 radical (unpaired) electrons. The van der Waals surface area contributed by atoms with Gasteiger partial charge in [-0.2, -0.15) is 0 Å². The van der Waals surface area contributed by atoms with Gasteiger partial charge in [-0.05, 0) is 26.0 Å². The van der Waals surface area contributed by atoms with Gasteiger partial charge in [-0.3, -0.25) is 5.41 Å². The molecule has 1 aromatic carbocycles. The van der Waals surface area contributed by atoms with Gasteiger partial charge in [0.15, 0.2) is 0 Å². The predicted molar refractivity (Wildman–Crippen MR) is 53.0 cm³/mol. The zero-order valence-electron chi connectivity index (χ0n) is 7.76. The smallest absolute Gasteiger partial charge is 0.0967 e. The molecule has 0 unspecified atom stereocenters. The Morgan fingerprint density at radius 2 is 1.75 bits per heavy atom. The van der Waals surface area contributed by atoms with E-state index in [4.69, 9.17) is 5.41 Å². The van der Waals surface area contributed by atoms with Crippen molar-refractivity contribution in [2.75, 3.05) is 11.9 Å². The number of nitrogens with zero attached hydrogens (tertiary/aromatic N) is 1. The molecule has 0 bridgehead atoms. The Bertz CT molecular complexity index is 274. The summed E-state index contributed by atoms with van der Waals surface area (Å²) in [4.78, 5) is 1.85. The third-order valence-corrected chi connectivity index (χ3v) is 1.92. The Kier molecular flexibility index (Phi) is 2.48. The zero-order chi connectivity index (χ0) is 9.14. The van der Waals surface area contributed by atoms with Gasteiger partial charge in [0.1, 0.15) is 0 Å². The number of amidine groups is 1. The standard InChI is InChI=1S/C10H14N2/c1-8-4-6-10(7-5-8)12(3)9(2)11/h4-7,11H,1-3H3.